The van der Waals surface area contributed by atoms with Crippen LogP contribution in [0.25, 0.3) is 0 Å². The van der Waals surface area contributed by atoms with Crippen LogP contribution in [0.5, 0.6) is 0 Å². The predicted molar refractivity (Wildman–Crippen MR) is 82.7 cm³/mol. The maximum atomic E-state index is 13.1. The molecule has 0 radical (unpaired) electrons. The van der Waals surface area contributed by atoms with Gasteiger partial charge in [0, 0.05) is 4.88 Å². The molecular weight excluding hydrogens is 285 g/mol. The first-order chi connectivity index (χ1) is 10.2. The van der Waals surface area contributed by atoms with E-state index in [2.05, 4.69) is 5.32 Å². The number of amides is 1. The Kier molecular flexibility index (Phi) is 4.06. The van der Waals surface area contributed by atoms with Gasteiger partial charge in [-0.15, -0.1) is 11.3 Å². The summed E-state index contributed by atoms with van der Waals surface area (Å²) in [5.74, 6) is -0.189. The zero-order chi connectivity index (χ0) is 14.7. The van der Waals surface area contributed by atoms with Crippen molar-refractivity contribution in [1.82, 2.24) is 5.32 Å². The van der Waals surface area contributed by atoms with Gasteiger partial charge in [0.05, 0.1) is 12.0 Å². The molecule has 1 N–H and O–H groups in total. The Bertz CT molecular complexity index is 600. The van der Waals surface area contributed by atoms with Crippen molar-refractivity contribution in [2.24, 2.45) is 0 Å². The summed E-state index contributed by atoms with van der Waals surface area (Å²) in [5, 5.41) is 5.07. The molecule has 2 nitrogen and oxygen atoms in total. The van der Waals surface area contributed by atoms with Crippen molar-refractivity contribution in [2.75, 3.05) is 0 Å². The summed E-state index contributed by atoms with van der Waals surface area (Å²) in [5.41, 5.74) is 0.454. The summed E-state index contributed by atoms with van der Waals surface area (Å²) in [6.45, 7) is 0.569. The van der Waals surface area contributed by atoms with Gasteiger partial charge < -0.3 is 5.32 Å². The van der Waals surface area contributed by atoms with Crippen LogP contribution in [-0.4, -0.2) is 5.91 Å². The summed E-state index contributed by atoms with van der Waals surface area (Å²) in [7, 11) is 0. The average molecular weight is 303 g/mol. The molecule has 0 spiro atoms. The number of hydrogen-bond acceptors (Lipinski definition) is 2. The van der Waals surface area contributed by atoms with E-state index in [4.69, 9.17) is 0 Å². The normalized spacial score (nSPS) is 16.8. The molecule has 110 valence electrons. The lowest BCUT2D eigenvalue weighted by Crippen LogP contribution is -2.42. The molecule has 0 unspecified atom stereocenters. The molecule has 1 heterocycles. The first-order valence-electron chi connectivity index (χ1n) is 7.27. The lowest BCUT2D eigenvalue weighted by atomic mass is 9.78. The molecule has 3 rings (SSSR count). The standard InChI is InChI=1S/C17H18FNOS/c18-14-7-5-13(6-8-14)17(9-1-2-10-17)16(20)19-12-15-4-3-11-21-15/h3-8,11H,1-2,9-10,12H2,(H,19,20). The van der Waals surface area contributed by atoms with Crippen LogP contribution in [0, 0.1) is 5.82 Å². The predicted octanol–water partition coefficient (Wildman–Crippen LogP) is 4.02. The zero-order valence-electron chi connectivity index (χ0n) is 11.8. The molecular formula is C17H18FNOS. The zero-order valence-corrected chi connectivity index (χ0v) is 12.6. The molecule has 0 saturated heterocycles. The van der Waals surface area contributed by atoms with Crippen LogP contribution in [0.15, 0.2) is 41.8 Å². The number of carbonyl (C=O) groups is 1. The van der Waals surface area contributed by atoms with Crippen LogP contribution < -0.4 is 5.32 Å². The minimum atomic E-state index is -0.481. The van der Waals surface area contributed by atoms with Gasteiger partial charge in [0.1, 0.15) is 5.82 Å². The van der Waals surface area contributed by atoms with Crippen LogP contribution >= 0.6 is 11.3 Å². The molecule has 2 aromatic rings. The highest BCUT2D eigenvalue weighted by atomic mass is 32.1. The van der Waals surface area contributed by atoms with Crippen LogP contribution in [-0.2, 0) is 16.8 Å². The molecule has 1 fully saturated rings. The number of benzene rings is 1. The van der Waals surface area contributed by atoms with Crippen molar-refractivity contribution in [1.29, 1.82) is 0 Å². The second kappa shape index (κ2) is 5.98. The van der Waals surface area contributed by atoms with Gasteiger partial charge in [-0.05, 0) is 42.0 Å². The Morgan fingerprint density at radius 2 is 1.90 bits per heavy atom. The van der Waals surface area contributed by atoms with Crippen molar-refractivity contribution in [3.8, 4) is 0 Å². The van der Waals surface area contributed by atoms with Gasteiger partial charge in [0.2, 0.25) is 5.91 Å². The third kappa shape index (κ3) is 2.86. The maximum absolute atomic E-state index is 13.1. The van der Waals surface area contributed by atoms with Gasteiger partial charge in [-0.1, -0.05) is 31.0 Å². The number of hydrogen-bond donors (Lipinski definition) is 1. The number of thiophene rings is 1. The Morgan fingerprint density at radius 3 is 2.52 bits per heavy atom. The summed E-state index contributed by atoms with van der Waals surface area (Å²) in [4.78, 5) is 13.9. The third-order valence-electron chi connectivity index (χ3n) is 4.29. The van der Waals surface area contributed by atoms with Crippen molar-refractivity contribution in [3.05, 3.63) is 58.0 Å². The molecule has 0 atom stereocenters. The average Bonchev–Trinajstić information content (AvgIpc) is 3.17. The summed E-state index contributed by atoms with van der Waals surface area (Å²) >= 11 is 1.64. The molecule has 21 heavy (non-hydrogen) atoms. The summed E-state index contributed by atoms with van der Waals surface area (Å²) < 4.78 is 13.1. The molecule has 1 saturated carbocycles. The molecule has 4 heteroatoms. The van der Waals surface area contributed by atoms with E-state index in [1.54, 1.807) is 23.5 Å². The number of carbonyl (C=O) groups excluding carboxylic acids is 1. The molecule has 1 aromatic carbocycles. The molecule has 0 bridgehead atoms. The minimum absolute atomic E-state index is 0.0695. The quantitative estimate of drug-likeness (QED) is 0.908. The number of halogens is 1. The van der Waals surface area contributed by atoms with Gasteiger partial charge in [-0.2, -0.15) is 0 Å². The lowest BCUT2D eigenvalue weighted by molar-refractivity contribution is -0.126. The summed E-state index contributed by atoms with van der Waals surface area (Å²) in [6.07, 6.45) is 3.78. The van der Waals surface area contributed by atoms with Gasteiger partial charge >= 0.3 is 0 Å². The highest BCUT2D eigenvalue weighted by Crippen LogP contribution is 2.41. The molecule has 1 aliphatic rings. The third-order valence-corrected chi connectivity index (χ3v) is 5.17. The fourth-order valence-corrected chi connectivity index (χ4v) is 3.79. The molecule has 0 aliphatic heterocycles. The second-order valence-electron chi connectivity index (χ2n) is 5.56. The Balaban J connectivity index is 1.79. The van der Waals surface area contributed by atoms with Gasteiger partial charge in [0.15, 0.2) is 0 Å². The molecule has 1 amide bonds. The van der Waals surface area contributed by atoms with E-state index in [0.29, 0.717) is 6.54 Å². The number of nitrogens with one attached hydrogen (secondary N) is 1. The first kappa shape index (κ1) is 14.3. The van der Waals surface area contributed by atoms with Crippen LogP contribution in [0.4, 0.5) is 4.39 Å². The maximum Gasteiger partial charge on any atom is 0.230 e. The molecule has 1 aromatic heterocycles. The van der Waals surface area contributed by atoms with Gasteiger partial charge in [0.25, 0.3) is 0 Å². The van der Waals surface area contributed by atoms with E-state index in [1.807, 2.05) is 17.5 Å². The lowest BCUT2D eigenvalue weighted by Gasteiger charge is -2.28. The van der Waals surface area contributed by atoms with E-state index in [-0.39, 0.29) is 11.7 Å². The van der Waals surface area contributed by atoms with Crippen molar-refractivity contribution < 1.29 is 9.18 Å². The monoisotopic (exact) mass is 303 g/mol. The molecule has 1 aliphatic carbocycles. The van der Waals surface area contributed by atoms with E-state index in [1.165, 1.54) is 12.1 Å². The number of rotatable bonds is 4. The fraction of sp³-hybridized carbons (Fsp3) is 0.353. The second-order valence-corrected chi connectivity index (χ2v) is 6.59. The van der Waals surface area contributed by atoms with E-state index in [9.17, 15) is 9.18 Å². The Morgan fingerprint density at radius 1 is 1.19 bits per heavy atom. The van der Waals surface area contributed by atoms with Crippen LogP contribution in [0.1, 0.15) is 36.1 Å². The Hall–Kier alpha value is -1.68. The Labute approximate surface area is 128 Å². The van der Waals surface area contributed by atoms with Crippen molar-refractivity contribution >= 4 is 17.2 Å². The summed E-state index contributed by atoms with van der Waals surface area (Å²) in [6, 6.07) is 10.4. The minimum Gasteiger partial charge on any atom is -0.350 e. The first-order valence-corrected chi connectivity index (χ1v) is 8.15. The fourth-order valence-electron chi connectivity index (χ4n) is 3.14. The largest absolute Gasteiger partial charge is 0.350 e. The van der Waals surface area contributed by atoms with E-state index >= 15 is 0 Å². The highest BCUT2D eigenvalue weighted by molar-refractivity contribution is 7.09. The van der Waals surface area contributed by atoms with Crippen LogP contribution in [0.3, 0.4) is 0 Å². The smallest absolute Gasteiger partial charge is 0.230 e. The highest BCUT2D eigenvalue weighted by Gasteiger charge is 2.42. The SMILES string of the molecule is O=C(NCc1cccs1)C1(c2ccc(F)cc2)CCCC1. The van der Waals surface area contributed by atoms with E-state index < -0.39 is 5.41 Å². The van der Waals surface area contributed by atoms with Crippen LogP contribution in [0.2, 0.25) is 0 Å². The van der Waals surface area contributed by atoms with Crippen molar-refractivity contribution in [3.63, 3.8) is 0 Å². The van der Waals surface area contributed by atoms with Gasteiger partial charge in [-0.25, -0.2) is 4.39 Å². The topological polar surface area (TPSA) is 29.1 Å². The van der Waals surface area contributed by atoms with Crippen molar-refractivity contribution in [2.45, 2.75) is 37.6 Å². The van der Waals surface area contributed by atoms with E-state index in [0.717, 1.165) is 36.1 Å². The van der Waals surface area contributed by atoms with Gasteiger partial charge in [-0.3, -0.25) is 4.79 Å².